The van der Waals surface area contributed by atoms with E-state index in [-0.39, 0.29) is 11.8 Å². The second kappa shape index (κ2) is 9.60. The lowest BCUT2D eigenvalue weighted by Gasteiger charge is -2.39. The smallest absolute Gasteiger partial charge is 0.261 e. The van der Waals surface area contributed by atoms with E-state index in [1.54, 1.807) is 10.7 Å². The van der Waals surface area contributed by atoms with Crippen LogP contribution >= 0.6 is 0 Å². The highest BCUT2D eigenvalue weighted by atomic mass is 16.6. The fourth-order valence-corrected chi connectivity index (χ4v) is 4.60. The fourth-order valence-electron chi connectivity index (χ4n) is 4.60. The van der Waals surface area contributed by atoms with Gasteiger partial charge in [-0.05, 0) is 63.1 Å². The summed E-state index contributed by atoms with van der Waals surface area (Å²) < 4.78 is 7.09. The molecule has 3 aromatic rings. The molecule has 9 nitrogen and oxygen atoms in total. The predicted molar refractivity (Wildman–Crippen MR) is 130 cm³/mol. The highest BCUT2D eigenvalue weighted by Crippen LogP contribution is 2.38. The SMILES string of the molecule is CCc1cc(NC(=O)c2cnn3cc(C)cnc23)c(N2CCC(C(C)(C)O)CC2)cc1OCO. The van der Waals surface area contributed by atoms with Crippen molar-refractivity contribution in [3.63, 3.8) is 0 Å². The number of rotatable bonds is 7. The first-order valence-corrected chi connectivity index (χ1v) is 11.7. The molecule has 0 bridgehead atoms. The predicted octanol–water partition coefficient (Wildman–Crippen LogP) is 3.17. The number of hydrogen-bond acceptors (Lipinski definition) is 7. The second-order valence-electron chi connectivity index (χ2n) is 9.43. The van der Waals surface area contributed by atoms with E-state index < -0.39 is 12.4 Å². The number of aromatic nitrogens is 3. The summed E-state index contributed by atoms with van der Waals surface area (Å²) in [4.78, 5) is 19.8. The second-order valence-corrected chi connectivity index (χ2v) is 9.43. The Bertz CT molecular complexity index is 1180. The van der Waals surface area contributed by atoms with Crippen molar-refractivity contribution in [2.45, 2.75) is 52.6 Å². The number of amides is 1. The molecule has 3 N–H and O–H groups in total. The molecule has 9 heteroatoms. The molecule has 34 heavy (non-hydrogen) atoms. The maximum atomic E-state index is 13.3. The molecule has 0 radical (unpaired) electrons. The normalized spacial score (nSPS) is 15.1. The number of nitrogens with one attached hydrogen (secondary N) is 1. The van der Waals surface area contributed by atoms with Gasteiger partial charge in [0.05, 0.1) is 23.2 Å². The molecule has 182 valence electrons. The minimum atomic E-state index is -0.727. The Morgan fingerprint density at radius 2 is 2.00 bits per heavy atom. The van der Waals surface area contributed by atoms with Crippen LogP contribution in [-0.4, -0.2) is 56.2 Å². The van der Waals surface area contributed by atoms with Crippen LogP contribution in [0.2, 0.25) is 0 Å². The van der Waals surface area contributed by atoms with E-state index in [0.717, 1.165) is 42.7 Å². The minimum Gasteiger partial charge on any atom is -0.467 e. The van der Waals surface area contributed by atoms with Crippen LogP contribution in [0.1, 0.15) is 55.1 Å². The van der Waals surface area contributed by atoms with E-state index in [4.69, 9.17) is 4.74 Å². The van der Waals surface area contributed by atoms with Gasteiger partial charge < -0.3 is 25.2 Å². The van der Waals surface area contributed by atoms with Crippen LogP contribution in [0.25, 0.3) is 5.65 Å². The number of carbonyl (C=O) groups is 1. The third-order valence-corrected chi connectivity index (χ3v) is 6.59. The zero-order valence-electron chi connectivity index (χ0n) is 20.2. The summed E-state index contributed by atoms with van der Waals surface area (Å²) in [6.45, 7) is 8.67. The molecule has 2 aromatic heterocycles. The summed E-state index contributed by atoms with van der Waals surface area (Å²) in [6, 6.07) is 3.79. The zero-order chi connectivity index (χ0) is 24.5. The summed E-state index contributed by atoms with van der Waals surface area (Å²) in [5.74, 6) is 0.505. The monoisotopic (exact) mass is 467 g/mol. The first-order valence-electron chi connectivity index (χ1n) is 11.7. The van der Waals surface area contributed by atoms with Crippen LogP contribution in [0.15, 0.2) is 30.7 Å². The van der Waals surface area contributed by atoms with Crippen LogP contribution in [0.5, 0.6) is 5.75 Å². The van der Waals surface area contributed by atoms with Crippen molar-refractivity contribution in [2.75, 3.05) is 30.1 Å². The molecular weight excluding hydrogens is 434 g/mol. The van der Waals surface area contributed by atoms with Crippen molar-refractivity contribution < 1.29 is 19.7 Å². The van der Waals surface area contributed by atoms with Crippen LogP contribution in [0.4, 0.5) is 11.4 Å². The molecule has 1 saturated heterocycles. The van der Waals surface area contributed by atoms with E-state index >= 15 is 0 Å². The van der Waals surface area contributed by atoms with Gasteiger partial charge in [-0.25, -0.2) is 9.50 Å². The minimum absolute atomic E-state index is 0.207. The average molecular weight is 468 g/mol. The maximum absolute atomic E-state index is 13.3. The number of benzene rings is 1. The number of nitrogens with zero attached hydrogens (tertiary/aromatic N) is 4. The van der Waals surface area contributed by atoms with Gasteiger partial charge in [0.2, 0.25) is 0 Å². The quantitative estimate of drug-likeness (QED) is 0.458. The standard InChI is InChI=1S/C25H33N5O4/c1-5-17-10-20(28-24(32)19-13-27-30-14-16(2)12-26-23(19)30)21(11-22(17)34-15-31)29-8-6-18(7-9-29)25(3,4)33/h10-14,18,31,33H,5-9,15H2,1-4H3,(H,28,32). The maximum Gasteiger partial charge on any atom is 0.261 e. The summed E-state index contributed by atoms with van der Waals surface area (Å²) in [5, 5.41) is 27.1. The van der Waals surface area contributed by atoms with Gasteiger partial charge in [0, 0.05) is 31.5 Å². The van der Waals surface area contributed by atoms with E-state index in [0.29, 0.717) is 29.1 Å². The van der Waals surface area contributed by atoms with Crippen LogP contribution in [0.3, 0.4) is 0 Å². The number of piperidine rings is 1. The number of ether oxygens (including phenoxy) is 1. The van der Waals surface area contributed by atoms with Gasteiger partial charge in [0.15, 0.2) is 12.4 Å². The van der Waals surface area contributed by atoms with Crippen molar-refractivity contribution in [2.24, 2.45) is 5.92 Å². The molecule has 0 spiro atoms. The Balaban J connectivity index is 1.67. The molecule has 4 rings (SSSR count). The summed E-state index contributed by atoms with van der Waals surface area (Å²) in [7, 11) is 0. The van der Waals surface area contributed by atoms with Crippen molar-refractivity contribution in [1.29, 1.82) is 0 Å². The number of anilines is 2. The molecule has 1 amide bonds. The average Bonchev–Trinajstić information content (AvgIpc) is 3.22. The first kappa shape index (κ1) is 24.0. The number of fused-ring (bicyclic) bond motifs is 1. The van der Waals surface area contributed by atoms with Gasteiger partial charge in [-0.3, -0.25) is 4.79 Å². The van der Waals surface area contributed by atoms with Gasteiger partial charge in [0.1, 0.15) is 11.3 Å². The molecule has 0 atom stereocenters. The van der Waals surface area contributed by atoms with Crippen molar-refractivity contribution in [3.8, 4) is 5.75 Å². The largest absolute Gasteiger partial charge is 0.467 e. The van der Waals surface area contributed by atoms with Crippen molar-refractivity contribution in [3.05, 3.63) is 47.4 Å². The lowest BCUT2D eigenvalue weighted by molar-refractivity contribution is 0.00651. The Morgan fingerprint density at radius 3 is 2.65 bits per heavy atom. The summed E-state index contributed by atoms with van der Waals surface area (Å²) in [6.07, 6.45) is 7.40. The zero-order valence-corrected chi connectivity index (χ0v) is 20.2. The van der Waals surface area contributed by atoms with Gasteiger partial charge in [0.25, 0.3) is 5.91 Å². The van der Waals surface area contributed by atoms with Crippen molar-refractivity contribution in [1.82, 2.24) is 14.6 Å². The summed E-state index contributed by atoms with van der Waals surface area (Å²) >= 11 is 0. The lowest BCUT2D eigenvalue weighted by Crippen LogP contribution is -2.42. The highest BCUT2D eigenvalue weighted by molar-refractivity contribution is 6.09. The Hall–Kier alpha value is -3.17. The molecule has 0 saturated carbocycles. The third-order valence-electron chi connectivity index (χ3n) is 6.59. The Morgan fingerprint density at radius 1 is 1.26 bits per heavy atom. The molecule has 1 aliphatic heterocycles. The van der Waals surface area contributed by atoms with Gasteiger partial charge in [-0.2, -0.15) is 5.10 Å². The fraction of sp³-hybridized carbons (Fsp3) is 0.480. The van der Waals surface area contributed by atoms with Crippen LogP contribution in [-0.2, 0) is 6.42 Å². The van der Waals surface area contributed by atoms with E-state index in [1.807, 2.05) is 46.0 Å². The van der Waals surface area contributed by atoms with Gasteiger partial charge in [-0.15, -0.1) is 0 Å². The first-order chi connectivity index (χ1) is 16.2. The van der Waals surface area contributed by atoms with Gasteiger partial charge >= 0.3 is 0 Å². The van der Waals surface area contributed by atoms with Gasteiger partial charge in [-0.1, -0.05) is 6.92 Å². The molecule has 0 unspecified atom stereocenters. The van der Waals surface area contributed by atoms with E-state index in [2.05, 4.69) is 20.3 Å². The van der Waals surface area contributed by atoms with E-state index in [1.165, 1.54) is 6.20 Å². The number of carbonyl (C=O) groups excluding carboxylic acids is 1. The topological polar surface area (TPSA) is 112 Å². The number of hydrogen-bond donors (Lipinski definition) is 3. The summed E-state index contributed by atoms with van der Waals surface area (Å²) in [5.41, 5.74) is 3.48. The Labute approximate surface area is 199 Å². The number of aryl methyl sites for hydroxylation is 2. The molecule has 1 aromatic carbocycles. The molecular formula is C25H33N5O4. The molecule has 1 fully saturated rings. The number of aliphatic hydroxyl groups is 2. The van der Waals surface area contributed by atoms with Crippen LogP contribution < -0.4 is 15.0 Å². The third kappa shape index (κ3) is 4.85. The molecule has 3 heterocycles. The highest BCUT2D eigenvalue weighted by Gasteiger charge is 2.31. The van der Waals surface area contributed by atoms with E-state index in [9.17, 15) is 15.0 Å². The Kier molecular flexibility index (Phi) is 6.77. The van der Waals surface area contributed by atoms with Crippen LogP contribution in [0, 0.1) is 12.8 Å². The molecule has 1 aliphatic rings. The number of aliphatic hydroxyl groups excluding tert-OH is 1. The lowest BCUT2D eigenvalue weighted by atomic mass is 9.83. The van der Waals surface area contributed by atoms with Crippen molar-refractivity contribution >= 4 is 22.9 Å². The molecule has 0 aliphatic carbocycles.